The third-order valence-corrected chi connectivity index (χ3v) is 1.98. The first kappa shape index (κ1) is 17.2. The lowest BCUT2D eigenvalue weighted by molar-refractivity contribution is -0.137. The number of carboxylic acid groups (broad SMARTS) is 1. The molecule has 0 bridgehead atoms. The molecule has 19 heavy (non-hydrogen) atoms. The molecule has 0 aliphatic rings. The molecule has 0 amide bonds. The maximum absolute atomic E-state index is 12.3. The van der Waals surface area contributed by atoms with E-state index in [1.807, 2.05) is 0 Å². The Morgan fingerprint density at radius 3 is 2.26 bits per heavy atom. The van der Waals surface area contributed by atoms with Gasteiger partial charge in [0.15, 0.2) is 0 Å². The Morgan fingerprint density at radius 2 is 1.95 bits per heavy atom. The molecule has 0 spiro atoms. The van der Waals surface area contributed by atoms with Crippen LogP contribution in [0.4, 0.5) is 18.9 Å². The maximum Gasteiger partial charge on any atom is 0.416 e. The van der Waals surface area contributed by atoms with E-state index in [9.17, 15) is 18.0 Å². The summed E-state index contributed by atoms with van der Waals surface area (Å²) in [7, 11) is 1.42. The largest absolute Gasteiger partial charge is 0.478 e. The van der Waals surface area contributed by atoms with Gasteiger partial charge in [-0.15, -0.1) is 11.6 Å². The number of hydrogen-bond acceptors (Lipinski definition) is 3. The average Bonchev–Trinajstić information content (AvgIpc) is 2.37. The van der Waals surface area contributed by atoms with Crippen LogP contribution in [0.2, 0.25) is 0 Å². The molecule has 0 aliphatic heterocycles. The third kappa shape index (κ3) is 6.10. The highest BCUT2D eigenvalue weighted by atomic mass is 35.5. The fourth-order valence-electron chi connectivity index (χ4n) is 1.06. The molecule has 0 saturated carbocycles. The van der Waals surface area contributed by atoms with Crippen molar-refractivity contribution in [3.05, 3.63) is 29.3 Å². The number of aromatic carboxylic acids is 1. The summed E-state index contributed by atoms with van der Waals surface area (Å²) in [5, 5.41) is 11.1. The molecule has 1 aromatic rings. The Kier molecular flexibility index (Phi) is 6.92. The van der Waals surface area contributed by atoms with Gasteiger partial charge in [0.2, 0.25) is 0 Å². The van der Waals surface area contributed by atoms with Crippen LogP contribution in [0.15, 0.2) is 18.2 Å². The highest BCUT2D eigenvalue weighted by molar-refractivity contribution is 6.24. The number of hydrogen-bond donors (Lipinski definition) is 2. The fourth-order valence-corrected chi connectivity index (χ4v) is 1.06. The van der Waals surface area contributed by atoms with E-state index in [0.29, 0.717) is 12.4 Å². The van der Waals surface area contributed by atoms with Crippen LogP contribution < -0.4 is 5.32 Å². The predicted octanol–water partition coefficient (Wildman–Crippen LogP) is 2.87. The zero-order valence-corrected chi connectivity index (χ0v) is 10.5. The van der Waals surface area contributed by atoms with Gasteiger partial charge in [-0.2, -0.15) is 13.2 Å². The van der Waals surface area contributed by atoms with Gasteiger partial charge in [0.25, 0.3) is 0 Å². The number of anilines is 1. The number of alkyl halides is 4. The fraction of sp³-hybridized carbons (Fsp3) is 0.273. The van der Waals surface area contributed by atoms with Crippen LogP contribution >= 0.6 is 11.6 Å². The first-order valence-corrected chi connectivity index (χ1v) is 5.42. The number of rotatable bonds is 3. The molecule has 1 rings (SSSR count). The van der Waals surface area contributed by atoms with E-state index in [2.05, 4.69) is 5.32 Å². The summed E-state index contributed by atoms with van der Waals surface area (Å²) in [5.74, 6) is -1.28. The first-order valence-electron chi connectivity index (χ1n) is 4.89. The van der Waals surface area contributed by atoms with E-state index in [0.717, 1.165) is 12.1 Å². The lowest BCUT2D eigenvalue weighted by Gasteiger charge is -2.10. The normalized spacial score (nSPS) is 10.2. The average molecular weight is 298 g/mol. The van der Waals surface area contributed by atoms with Crippen molar-refractivity contribution in [1.82, 2.24) is 0 Å². The van der Waals surface area contributed by atoms with E-state index in [4.69, 9.17) is 21.5 Å². The van der Waals surface area contributed by atoms with Gasteiger partial charge in [-0.3, -0.25) is 0 Å². The molecular weight excluding hydrogens is 287 g/mol. The van der Waals surface area contributed by atoms with Crippen molar-refractivity contribution in [2.24, 2.45) is 0 Å². The second-order valence-electron chi connectivity index (χ2n) is 3.17. The van der Waals surface area contributed by atoms with Gasteiger partial charge < -0.3 is 15.2 Å². The quantitative estimate of drug-likeness (QED) is 0.665. The van der Waals surface area contributed by atoms with Crippen LogP contribution in [0.3, 0.4) is 0 Å². The van der Waals surface area contributed by atoms with Crippen LogP contribution in [-0.2, 0) is 11.0 Å². The molecule has 0 radical (unpaired) electrons. The van der Waals surface area contributed by atoms with Crippen molar-refractivity contribution in [2.75, 3.05) is 18.2 Å². The Bertz CT molecular complexity index is 449. The second-order valence-corrected chi connectivity index (χ2v) is 3.48. The summed E-state index contributed by atoms with van der Waals surface area (Å²) in [6, 6.07) is 2.59. The molecule has 0 fully saturated rings. The van der Waals surface area contributed by atoms with Gasteiger partial charge in [-0.25, -0.2) is 4.79 Å². The number of carbonyl (C=O) groups is 2. The van der Waals surface area contributed by atoms with Crippen molar-refractivity contribution in [3.63, 3.8) is 0 Å². The number of carbonyl (C=O) groups excluding carboxylic acids is 1. The Balaban J connectivity index is 0.000000711. The van der Waals surface area contributed by atoms with Crippen LogP contribution in [0.5, 0.6) is 0 Å². The van der Waals surface area contributed by atoms with Crippen molar-refractivity contribution >= 4 is 29.5 Å². The zero-order chi connectivity index (χ0) is 15.1. The number of halogens is 4. The molecule has 0 aromatic heterocycles. The topological polar surface area (TPSA) is 66.4 Å². The van der Waals surface area contributed by atoms with Crippen LogP contribution in [-0.4, -0.2) is 30.3 Å². The number of benzene rings is 1. The Morgan fingerprint density at radius 1 is 1.42 bits per heavy atom. The predicted molar refractivity (Wildman–Crippen MR) is 64.7 cm³/mol. The molecule has 0 aliphatic carbocycles. The van der Waals surface area contributed by atoms with E-state index in [1.54, 1.807) is 0 Å². The van der Waals surface area contributed by atoms with E-state index in [-0.39, 0.29) is 11.6 Å². The van der Waals surface area contributed by atoms with E-state index >= 15 is 0 Å². The van der Waals surface area contributed by atoms with Crippen molar-refractivity contribution in [3.8, 4) is 0 Å². The van der Waals surface area contributed by atoms with Gasteiger partial charge in [-0.1, -0.05) is 0 Å². The Hall–Kier alpha value is -1.76. The summed E-state index contributed by atoms with van der Waals surface area (Å²) in [6.45, 7) is 0. The van der Waals surface area contributed by atoms with Gasteiger partial charge in [0.05, 0.1) is 17.0 Å². The summed E-state index contributed by atoms with van der Waals surface area (Å²) in [6.07, 6.45) is -3.90. The van der Waals surface area contributed by atoms with Crippen molar-refractivity contribution < 1.29 is 27.9 Å². The number of carboxylic acids is 1. The van der Waals surface area contributed by atoms with Crippen LogP contribution in [0, 0.1) is 0 Å². The SMILES string of the molecule is CNc1cc(C(=O)O)cc(C(F)(F)F)c1.O=CCCl. The van der Waals surface area contributed by atoms with Gasteiger partial charge in [0.1, 0.15) is 6.29 Å². The monoisotopic (exact) mass is 297 g/mol. The first-order chi connectivity index (χ1) is 8.76. The molecule has 106 valence electrons. The van der Waals surface area contributed by atoms with Gasteiger partial charge in [0, 0.05) is 12.7 Å². The van der Waals surface area contributed by atoms with Crippen LogP contribution in [0.25, 0.3) is 0 Å². The van der Waals surface area contributed by atoms with Crippen molar-refractivity contribution in [2.45, 2.75) is 6.18 Å². The van der Waals surface area contributed by atoms with E-state index < -0.39 is 23.3 Å². The summed E-state index contributed by atoms with van der Waals surface area (Å²) < 4.78 is 37.0. The number of nitrogens with one attached hydrogen (secondary N) is 1. The highest BCUT2D eigenvalue weighted by Gasteiger charge is 2.31. The van der Waals surface area contributed by atoms with Gasteiger partial charge >= 0.3 is 12.1 Å². The molecule has 1 aromatic carbocycles. The standard InChI is InChI=1S/C9H8F3NO2.C2H3ClO/c1-13-7-3-5(8(14)15)2-6(4-7)9(10,11)12;3-1-2-4/h2-4,13H,1H3,(H,14,15);2H,1H2. The maximum atomic E-state index is 12.3. The minimum absolute atomic E-state index is 0.111. The summed E-state index contributed by atoms with van der Waals surface area (Å²) in [4.78, 5) is 19.6. The molecule has 2 N–H and O–H groups in total. The summed E-state index contributed by atoms with van der Waals surface area (Å²) in [5.41, 5.74) is -1.26. The van der Waals surface area contributed by atoms with Crippen LogP contribution in [0.1, 0.15) is 15.9 Å². The van der Waals surface area contributed by atoms with E-state index in [1.165, 1.54) is 7.05 Å². The lowest BCUT2D eigenvalue weighted by atomic mass is 10.1. The third-order valence-electron chi connectivity index (χ3n) is 1.86. The smallest absolute Gasteiger partial charge is 0.416 e. The molecule has 0 heterocycles. The van der Waals surface area contributed by atoms with Crippen molar-refractivity contribution in [1.29, 1.82) is 0 Å². The number of aldehydes is 1. The summed E-state index contributed by atoms with van der Waals surface area (Å²) >= 11 is 4.82. The molecule has 8 heteroatoms. The highest BCUT2D eigenvalue weighted by Crippen LogP contribution is 2.31. The molecule has 0 atom stereocenters. The minimum atomic E-state index is -4.54. The second kappa shape index (κ2) is 7.63. The molecule has 0 unspecified atom stereocenters. The molecular formula is C11H11ClF3NO3. The lowest BCUT2D eigenvalue weighted by Crippen LogP contribution is -2.08. The zero-order valence-electron chi connectivity index (χ0n) is 9.79. The Labute approximate surface area is 112 Å². The van der Waals surface area contributed by atoms with Gasteiger partial charge in [-0.05, 0) is 18.2 Å². The molecule has 4 nitrogen and oxygen atoms in total. The molecule has 0 saturated heterocycles. The minimum Gasteiger partial charge on any atom is -0.478 e.